The summed E-state index contributed by atoms with van der Waals surface area (Å²) < 4.78 is 2.39. The smallest absolute Gasteiger partial charge is 0.217 e. The topological polar surface area (TPSA) is 15.4 Å². The molecule has 4 aromatic rings. The fraction of sp³-hybridized carbons (Fsp3) is 0.143. The summed E-state index contributed by atoms with van der Waals surface area (Å²) in [5, 5.41) is 2.66. The average molecular weight is 390 g/mol. The summed E-state index contributed by atoms with van der Waals surface area (Å²) in [7, 11) is 0. The second kappa shape index (κ2) is 8.08. The van der Waals surface area contributed by atoms with Crippen LogP contribution in [0.2, 0.25) is 0 Å². The molecule has 0 radical (unpaired) electrons. The molecule has 0 aromatic heterocycles. The van der Waals surface area contributed by atoms with Gasteiger partial charge in [0.1, 0.15) is 6.21 Å². The van der Waals surface area contributed by atoms with Crippen LogP contribution >= 0.6 is 0 Å². The van der Waals surface area contributed by atoms with Crippen molar-refractivity contribution >= 4 is 22.7 Å². The molecule has 0 aliphatic carbocycles. The van der Waals surface area contributed by atoms with Crippen LogP contribution in [0.1, 0.15) is 34.8 Å². The third kappa shape index (κ3) is 3.57. The maximum absolute atomic E-state index is 5.21. The Kier molecular flexibility index (Phi) is 4.98. The quantitative estimate of drug-likeness (QED) is 0.363. The molecule has 2 heteroatoms. The first-order chi connectivity index (χ1) is 14.8. The van der Waals surface area contributed by atoms with Gasteiger partial charge >= 0.3 is 0 Å². The SMILES string of the molecule is Cc1ccc(C[N+]2=CCC(c3ccccc3)=NC2c2ccccc2)c2ccccc12. The molecule has 5 rings (SSSR count). The molecule has 1 aliphatic rings. The Morgan fingerprint density at radius 1 is 0.767 bits per heavy atom. The van der Waals surface area contributed by atoms with E-state index in [1.54, 1.807) is 0 Å². The third-order valence-corrected chi connectivity index (χ3v) is 5.90. The second-order valence-corrected chi connectivity index (χ2v) is 7.87. The van der Waals surface area contributed by atoms with Crippen molar-refractivity contribution in [2.45, 2.75) is 26.1 Å². The van der Waals surface area contributed by atoms with Crippen molar-refractivity contribution in [3.63, 3.8) is 0 Å². The van der Waals surface area contributed by atoms with Gasteiger partial charge in [-0.1, -0.05) is 97.1 Å². The molecule has 0 N–H and O–H groups in total. The van der Waals surface area contributed by atoms with Crippen LogP contribution in [0.5, 0.6) is 0 Å². The summed E-state index contributed by atoms with van der Waals surface area (Å²) in [5.74, 6) is 0. The maximum Gasteiger partial charge on any atom is 0.272 e. The predicted octanol–water partition coefficient (Wildman–Crippen LogP) is 6.32. The lowest BCUT2D eigenvalue weighted by atomic mass is 9.99. The van der Waals surface area contributed by atoms with Crippen molar-refractivity contribution < 1.29 is 4.58 Å². The number of hydrogen-bond donors (Lipinski definition) is 0. The first-order valence-electron chi connectivity index (χ1n) is 10.5. The standard InChI is InChI=1S/C28H25N2/c1-21-16-17-24(26-15-9-8-14-25(21)26)20-30-19-18-27(22-10-4-2-5-11-22)29-28(30)23-12-6-3-7-13-23/h2-17,19,28H,18,20H2,1H3/q+1. The van der Waals surface area contributed by atoms with Gasteiger partial charge in [-0.25, -0.2) is 9.57 Å². The third-order valence-electron chi connectivity index (χ3n) is 5.90. The Morgan fingerprint density at radius 3 is 2.20 bits per heavy atom. The fourth-order valence-electron chi connectivity index (χ4n) is 4.29. The van der Waals surface area contributed by atoms with Gasteiger partial charge in [0.05, 0.1) is 12.1 Å². The molecule has 0 bridgehead atoms. The van der Waals surface area contributed by atoms with Gasteiger partial charge < -0.3 is 0 Å². The molecular formula is C28H25N2+. The summed E-state index contributed by atoms with van der Waals surface area (Å²) in [6.45, 7) is 3.02. The van der Waals surface area contributed by atoms with E-state index in [2.05, 4.69) is 115 Å². The van der Waals surface area contributed by atoms with Crippen LogP contribution in [0.25, 0.3) is 10.8 Å². The van der Waals surface area contributed by atoms with Crippen molar-refractivity contribution in [2.24, 2.45) is 4.99 Å². The molecular weight excluding hydrogens is 364 g/mol. The van der Waals surface area contributed by atoms with Crippen LogP contribution in [-0.2, 0) is 6.54 Å². The van der Waals surface area contributed by atoms with Crippen LogP contribution in [0, 0.1) is 6.92 Å². The van der Waals surface area contributed by atoms with E-state index >= 15 is 0 Å². The molecule has 0 spiro atoms. The minimum Gasteiger partial charge on any atom is -0.217 e. The Labute approximate surface area is 177 Å². The lowest BCUT2D eigenvalue weighted by Crippen LogP contribution is -2.25. The molecule has 1 heterocycles. The second-order valence-electron chi connectivity index (χ2n) is 7.87. The Bertz CT molecular complexity index is 1240. The normalized spacial score (nSPS) is 16.2. The lowest BCUT2D eigenvalue weighted by Gasteiger charge is -2.20. The highest BCUT2D eigenvalue weighted by atomic mass is 15.2. The van der Waals surface area contributed by atoms with E-state index in [-0.39, 0.29) is 6.17 Å². The average Bonchev–Trinajstić information content (AvgIpc) is 2.82. The van der Waals surface area contributed by atoms with E-state index in [0.29, 0.717) is 0 Å². The van der Waals surface area contributed by atoms with E-state index in [9.17, 15) is 0 Å². The van der Waals surface area contributed by atoms with Crippen molar-refractivity contribution in [2.75, 3.05) is 0 Å². The monoisotopic (exact) mass is 389 g/mol. The molecule has 2 nitrogen and oxygen atoms in total. The molecule has 1 aliphatic heterocycles. The van der Waals surface area contributed by atoms with Gasteiger partial charge in [-0.15, -0.1) is 0 Å². The molecule has 0 amide bonds. The summed E-state index contributed by atoms with van der Waals surface area (Å²) in [6, 6.07) is 34.3. The van der Waals surface area contributed by atoms with Crippen LogP contribution in [0.4, 0.5) is 0 Å². The van der Waals surface area contributed by atoms with Crippen LogP contribution in [0.15, 0.2) is 102 Å². The summed E-state index contributed by atoms with van der Waals surface area (Å²) >= 11 is 0. The number of rotatable bonds is 4. The molecule has 0 saturated heterocycles. The highest BCUT2D eigenvalue weighted by Crippen LogP contribution is 2.28. The summed E-state index contributed by atoms with van der Waals surface area (Å²) in [6.07, 6.45) is 3.15. The van der Waals surface area contributed by atoms with Gasteiger partial charge in [0.15, 0.2) is 6.54 Å². The number of nitrogens with zero attached hydrogens (tertiary/aromatic N) is 2. The van der Waals surface area contributed by atoms with Gasteiger partial charge in [-0.2, -0.15) is 0 Å². The molecule has 146 valence electrons. The molecule has 4 aromatic carbocycles. The van der Waals surface area contributed by atoms with Crippen LogP contribution in [-0.4, -0.2) is 16.5 Å². The van der Waals surface area contributed by atoms with E-state index in [4.69, 9.17) is 4.99 Å². The molecule has 1 unspecified atom stereocenters. The Hall–Kier alpha value is -3.52. The van der Waals surface area contributed by atoms with E-state index < -0.39 is 0 Å². The first-order valence-corrected chi connectivity index (χ1v) is 10.5. The summed E-state index contributed by atoms with van der Waals surface area (Å²) in [4.78, 5) is 5.21. The predicted molar refractivity (Wildman–Crippen MR) is 125 cm³/mol. The van der Waals surface area contributed by atoms with Gasteiger partial charge in [0.2, 0.25) is 0 Å². The van der Waals surface area contributed by atoms with Crippen molar-refractivity contribution in [3.8, 4) is 0 Å². The molecule has 1 atom stereocenters. The highest BCUT2D eigenvalue weighted by molar-refractivity contribution is 6.07. The largest absolute Gasteiger partial charge is 0.272 e. The Balaban J connectivity index is 1.55. The van der Waals surface area contributed by atoms with Gasteiger partial charge in [-0.05, 0) is 28.8 Å². The number of aryl methyl sites for hydroxylation is 1. The molecule has 0 fully saturated rings. The van der Waals surface area contributed by atoms with Crippen molar-refractivity contribution in [1.29, 1.82) is 0 Å². The first kappa shape index (κ1) is 18.5. The van der Waals surface area contributed by atoms with Gasteiger partial charge in [-0.3, -0.25) is 0 Å². The number of aliphatic imine (C=N–C) groups is 1. The minimum absolute atomic E-state index is 0.0183. The highest BCUT2D eigenvalue weighted by Gasteiger charge is 2.27. The van der Waals surface area contributed by atoms with E-state index in [0.717, 1.165) is 18.7 Å². The summed E-state index contributed by atoms with van der Waals surface area (Å²) in [5.41, 5.74) is 6.23. The zero-order valence-corrected chi connectivity index (χ0v) is 17.2. The van der Waals surface area contributed by atoms with Crippen molar-refractivity contribution in [1.82, 2.24) is 0 Å². The van der Waals surface area contributed by atoms with Crippen molar-refractivity contribution in [3.05, 3.63) is 119 Å². The van der Waals surface area contributed by atoms with E-state index in [1.807, 2.05) is 0 Å². The zero-order valence-electron chi connectivity index (χ0n) is 17.2. The number of hydrogen-bond acceptors (Lipinski definition) is 1. The number of fused-ring (bicyclic) bond motifs is 1. The number of benzene rings is 4. The van der Waals surface area contributed by atoms with Crippen LogP contribution in [0.3, 0.4) is 0 Å². The maximum atomic E-state index is 5.21. The molecule has 0 saturated carbocycles. The van der Waals surface area contributed by atoms with Gasteiger partial charge in [0.25, 0.3) is 6.17 Å². The molecule has 30 heavy (non-hydrogen) atoms. The fourth-order valence-corrected chi connectivity index (χ4v) is 4.29. The lowest BCUT2D eigenvalue weighted by molar-refractivity contribution is -0.584. The van der Waals surface area contributed by atoms with E-state index in [1.165, 1.54) is 33.0 Å². The van der Waals surface area contributed by atoms with Gasteiger partial charge in [0, 0.05) is 11.1 Å². The minimum atomic E-state index is -0.0183. The zero-order chi connectivity index (χ0) is 20.3. The Morgan fingerprint density at radius 2 is 1.43 bits per heavy atom. The van der Waals surface area contributed by atoms with Crippen LogP contribution < -0.4 is 0 Å².